The molecule has 0 saturated carbocycles. The summed E-state index contributed by atoms with van der Waals surface area (Å²) in [6, 6.07) is 1.36. The van der Waals surface area contributed by atoms with E-state index in [0.29, 0.717) is 54.0 Å². The second-order valence-corrected chi connectivity index (χ2v) is 7.37. The molecule has 1 aliphatic heterocycles. The molecule has 0 spiro atoms. The number of rotatable bonds is 4. The monoisotopic (exact) mass is 445 g/mol. The number of morpholine rings is 1. The van der Waals surface area contributed by atoms with Gasteiger partial charge in [-0.05, 0) is 13.0 Å². The molecule has 2 aromatic heterocycles. The number of carbonyl (C=O) groups is 2. The van der Waals surface area contributed by atoms with Crippen molar-refractivity contribution in [1.29, 1.82) is 0 Å². The van der Waals surface area contributed by atoms with Gasteiger partial charge in [-0.2, -0.15) is 13.2 Å². The second kappa shape index (κ2) is 8.83. The van der Waals surface area contributed by atoms with E-state index < -0.39 is 35.7 Å². The summed E-state index contributed by atoms with van der Waals surface area (Å²) in [5.74, 6) is -1.48. The molecule has 13 heteroatoms. The number of ether oxygens (including phenoxy) is 1. The van der Waals surface area contributed by atoms with Crippen LogP contribution in [0, 0.1) is 6.92 Å². The number of pyridine rings is 1. The lowest BCUT2D eigenvalue weighted by Gasteiger charge is -2.25. The van der Waals surface area contributed by atoms with Crippen LogP contribution in [-0.4, -0.2) is 47.7 Å². The molecule has 9 nitrogen and oxygen atoms in total. The maximum absolute atomic E-state index is 12.8. The van der Waals surface area contributed by atoms with Gasteiger partial charge in [-0.15, -0.1) is 0 Å². The van der Waals surface area contributed by atoms with Gasteiger partial charge < -0.3 is 14.2 Å². The van der Waals surface area contributed by atoms with Crippen LogP contribution >= 0.6 is 11.3 Å². The highest BCUT2D eigenvalue weighted by Gasteiger charge is 2.31. The number of nitrogens with zero attached hydrogens (tertiary/aromatic N) is 3. The van der Waals surface area contributed by atoms with E-state index in [1.807, 2.05) is 4.90 Å². The van der Waals surface area contributed by atoms with E-state index in [1.54, 1.807) is 6.92 Å². The van der Waals surface area contributed by atoms with Gasteiger partial charge in [-0.3, -0.25) is 25.2 Å². The van der Waals surface area contributed by atoms with Crippen LogP contribution in [0.3, 0.4) is 0 Å². The number of halogens is 3. The third kappa shape index (κ3) is 5.16. The first-order valence-electron chi connectivity index (χ1n) is 8.82. The molecule has 1 saturated heterocycles. The lowest BCUT2D eigenvalue weighted by atomic mass is 10.3. The van der Waals surface area contributed by atoms with E-state index in [4.69, 9.17) is 4.74 Å². The van der Waals surface area contributed by atoms with E-state index >= 15 is 0 Å². The molecule has 2 amide bonds. The number of aryl methyl sites for hydroxylation is 1. The highest BCUT2D eigenvalue weighted by molar-refractivity contribution is 7.17. The van der Waals surface area contributed by atoms with Crippen molar-refractivity contribution < 1.29 is 27.5 Å². The fourth-order valence-corrected chi connectivity index (χ4v) is 3.70. The minimum Gasteiger partial charge on any atom is -0.378 e. The van der Waals surface area contributed by atoms with Crippen LogP contribution in [0.2, 0.25) is 0 Å². The molecule has 0 unspecified atom stereocenters. The topological polar surface area (TPSA) is 106 Å². The summed E-state index contributed by atoms with van der Waals surface area (Å²) in [6.45, 7) is 3.38. The minimum absolute atomic E-state index is 0.285. The van der Waals surface area contributed by atoms with Crippen molar-refractivity contribution in [1.82, 2.24) is 20.4 Å². The maximum atomic E-state index is 12.8. The Morgan fingerprint density at radius 1 is 1.23 bits per heavy atom. The van der Waals surface area contributed by atoms with Gasteiger partial charge in [-0.1, -0.05) is 11.3 Å². The number of hydrazine groups is 1. The molecule has 0 aromatic carbocycles. The van der Waals surface area contributed by atoms with Crippen LogP contribution in [0.4, 0.5) is 18.3 Å². The van der Waals surface area contributed by atoms with E-state index in [-0.39, 0.29) is 4.88 Å². The van der Waals surface area contributed by atoms with Gasteiger partial charge in [0.05, 0.1) is 24.5 Å². The standard InChI is InChI=1S/C17H18F3N5O4S/c1-10-14(30-16(21-10)24-4-6-29-7-5-24)15(28)23-22-12(26)9-25-8-11(17(18,19)20)2-3-13(25)27/h2-3,8H,4-7,9H2,1H3,(H,22,26)(H,23,28). The average Bonchev–Trinajstić information content (AvgIpc) is 3.09. The van der Waals surface area contributed by atoms with Gasteiger partial charge in [0.15, 0.2) is 5.13 Å². The number of hydrogen-bond acceptors (Lipinski definition) is 7. The Balaban J connectivity index is 1.61. The highest BCUT2D eigenvalue weighted by Crippen LogP contribution is 2.28. The van der Waals surface area contributed by atoms with Crippen LogP contribution < -0.4 is 21.3 Å². The number of aromatic nitrogens is 2. The first-order chi connectivity index (χ1) is 14.1. The van der Waals surface area contributed by atoms with Crippen LogP contribution in [-0.2, 0) is 22.3 Å². The molecule has 0 aliphatic carbocycles. The Hall–Kier alpha value is -2.93. The van der Waals surface area contributed by atoms with Crippen molar-refractivity contribution in [2.45, 2.75) is 19.6 Å². The van der Waals surface area contributed by atoms with Crippen molar-refractivity contribution in [2.24, 2.45) is 0 Å². The van der Waals surface area contributed by atoms with E-state index in [0.717, 1.165) is 17.4 Å². The third-order valence-corrected chi connectivity index (χ3v) is 5.43. The molecule has 2 aromatic rings. The minimum atomic E-state index is -4.65. The molecule has 30 heavy (non-hydrogen) atoms. The lowest BCUT2D eigenvalue weighted by Crippen LogP contribution is -2.44. The van der Waals surface area contributed by atoms with E-state index in [1.165, 1.54) is 0 Å². The molecule has 2 N–H and O–H groups in total. The Labute approximate surface area is 172 Å². The summed E-state index contributed by atoms with van der Waals surface area (Å²) in [6.07, 6.45) is -4.10. The van der Waals surface area contributed by atoms with Gasteiger partial charge in [0.2, 0.25) is 0 Å². The average molecular weight is 445 g/mol. The fraction of sp³-hybridized carbons (Fsp3) is 0.412. The number of anilines is 1. The Bertz CT molecular complexity index is 998. The predicted molar refractivity (Wildman–Crippen MR) is 101 cm³/mol. The molecule has 1 fully saturated rings. The zero-order valence-corrected chi connectivity index (χ0v) is 16.6. The van der Waals surface area contributed by atoms with Gasteiger partial charge >= 0.3 is 6.18 Å². The Kier molecular flexibility index (Phi) is 6.41. The summed E-state index contributed by atoms with van der Waals surface area (Å²) in [7, 11) is 0. The van der Waals surface area contributed by atoms with Gasteiger partial charge in [0, 0.05) is 25.4 Å². The molecule has 0 bridgehead atoms. The molecule has 3 heterocycles. The highest BCUT2D eigenvalue weighted by atomic mass is 32.1. The SMILES string of the molecule is Cc1nc(N2CCOCC2)sc1C(=O)NNC(=O)Cn1cc(C(F)(F)F)ccc1=O. The van der Waals surface area contributed by atoms with Crippen LogP contribution in [0.1, 0.15) is 20.9 Å². The predicted octanol–water partition coefficient (Wildman–Crippen LogP) is 0.930. The van der Waals surface area contributed by atoms with Crippen molar-refractivity contribution in [3.63, 3.8) is 0 Å². The number of alkyl halides is 3. The summed E-state index contributed by atoms with van der Waals surface area (Å²) >= 11 is 1.15. The number of hydrogen-bond donors (Lipinski definition) is 2. The normalized spacial score (nSPS) is 14.5. The molecule has 0 atom stereocenters. The smallest absolute Gasteiger partial charge is 0.378 e. The summed E-state index contributed by atoms with van der Waals surface area (Å²) < 4.78 is 44.2. The molecule has 1 aliphatic rings. The maximum Gasteiger partial charge on any atom is 0.417 e. The van der Waals surface area contributed by atoms with E-state index in [9.17, 15) is 27.6 Å². The molecular formula is C17H18F3N5O4S. The quantitative estimate of drug-likeness (QED) is 0.679. The van der Waals surface area contributed by atoms with Crippen LogP contribution in [0.25, 0.3) is 0 Å². The zero-order chi connectivity index (χ0) is 21.9. The molecule has 162 valence electrons. The number of thiazole rings is 1. The first-order valence-corrected chi connectivity index (χ1v) is 9.64. The fourth-order valence-electron chi connectivity index (χ4n) is 2.68. The van der Waals surface area contributed by atoms with Gasteiger partial charge in [-0.25, -0.2) is 4.98 Å². The van der Waals surface area contributed by atoms with Gasteiger partial charge in [0.1, 0.15) is 11.4 Å². The third-order valence-electron chi connectivity index (χ3n) is 4.21. The molecule has 3 rings (SSSR count). The largest absolute Gasteiger partial charge is 0.417 e. The van der Waals surface area contributed by atoms with E-state index in [2.05, 4.69) is 15.8 Å². The number of carbonyl (C=O) groups excluding carboxylic acids is 2. The molecule has 0 radical (unpaired) electrons. The van der Waals surface area contributed by atoms with Gasteiger partial charge in [0.25, 0.3) is 17.4 Å². The Morgan fingerprint density at radius 3 is 2.60 bits per heavy atom. The first kappa shape index (κ1) is 21.8. The summed E-state index contributed by atoms with van der Waals surface area (Å²) in [5, 5.41) is 0.655. The van der Waals surface area contributed by atoms with Crippen molar-refractivity contribution in [3.05, 3.63) is 44.8 Å². The number of amides is 2. The van der Waals surface area contributed by atoms with Crippen molar-refractivity contribution in [3.8, 4) is 0 Å². The summed E-state index contributed by atoms with van der Waals surface area (Å²) in [5.41, 5.74) is 2.92. The number of nitrogens with one attached hydrogen (secondary N) is 2. The lowest BCUT2D eigenvalue weighted by molar-refractivity contribution is -0.138. The van der Waals surface area contributed by atoms with Crippen molar-refractivity contribution in [2.75, 3.05) is 31.2 Å². The van der Waals surface area contributed by atoms with Crippen LogP contribution in [0.15, 0.2) is 23.1 Å². The Morgan fingerprint density at radius 2 is 1.93 bits per heavy atom. The zero-order valence-electron chi connectivity index (χ0n) is 15.8. The van der Waals surface area contributed by atoms with Crippen LogP contribution in [0.5, 0.6) is 0 Å². The summed E-state index contributed by atoms with van der Waals surface area (Å²) in [4.78, 5) is 42.7. The van der Waals surface area contributed by atoms with Crippen molar-refractivity contribution >= 4 is 28.3 Å². The second-order valence-electron chi connectivity index (χ2n) is 6.39. The molecular weight excluding hydrogens is 427 g/mol.